The SMILES string of the molecule is CCOc1cccc(C=NCCCNCCCN=Cc2cccc(OCC)c2O)c1O. The van der Waals surface area contributed by atoms with Crippen LogP contribution in [0.2, 0.25) is 0 Å². The summed E-state index contributed by atoms with van der Waals surface area (Å²) in [5.74, 6) is 1.22. The molecule has 0 amide bonds. The molecule has 0 aliphatic heterocycles. The van der Waals surface area contributed by atoms with Gasteiger partial charge in [-0.2, -0.15) is 0 Å². The Kier molecular flexibility index (Phi) is 11.0. The van der Waals surface area contributed by atoms with Gasteiger partial charge in [-0.25, -0.2) is 0 Å². The Labute approximate surface area is 184 Å². The first-order valence-electron chi connectivity index (χ1n) is 10.8. The van der Waals surface area contributed by atoms with Gasteiger partial charge in [-0.15, -0.1) is 0 Å². The average molecular weight is 428 g/mol. The summed E-state index contributed by atoms with van der Waals surface area (Å²) in [5.41, 5.74) is 1.32. The van der Waals surface area contributed by atoms with E-state index in [2.05, 4.69) is 15.3 Å². The molecule has 7 heteroatoms. The minimum atomic E-state index is 0.129. The lowest BCUT2D eigenvalue weighted by molar-refractivity contribution is 0.318. The predicted molar refractivity (Wildman–Crippen MR) is 126 cm³/mol. The van der Waals surface area contributed by atoms with Gasteiger partial charge in [-0.3, -0.25) is 9.98 Å². The number of ether oxygens (including phenoxy) is 2. The second-order valence-corrected chi connectivity index (χ2v) is 6.78. The molecule has 0 saturated carbocycles. The maximum absolute atomic E-state index is 10.1. The first kappa shape index (κ1) is 24.2. The topological polar surface area (TPSA) is 95.7 Å². The zero-order valence-electron chi connectivity index (χ0n) is 18.4. The largest absolute Gasteiger partial charge is 0.504 e. The molecule has 0 bridgehead atoms. The smallest absolute Gasteiger partial charge is 0.166 e. The molecule has 0 radical (unpaired) electrons. The molecule has 0 aliphatic rings. The number of aromatic hydroxyl groups is 2. The number of phenols is 2. The summed E-state index contributed by atoms with van der Waals surface area (Å²) >= 11 is 0. The summed E-state index contributed by atoms with van der Waals surface area (Å²) in [7, 11) is 0. The fourth-order valence-corrected chi connectivity index (χ4v) is 2.87. The zero-order chi connectivity index (χ0) is 22.3. The van der Waals surface area contributed by atoms with E-state index in [0.29, 0.717) is 48.9 Å². The maximum Gasteiger partial charge on any atom is 0.166 e. The van der Waals surface area contributed by atoms with Crippen LogP contribution in [-0.4, -0.2) is 62.0 Å². The van der Waals surface area contributed by atoms with E-state index < -0.39 is 0 Å². The van der Waals surface area contributed by atoms with Crippen molar-refractivity contribution < 1.29 is 19.7 Å². The summed E-state index contributed by atoms with van der Waals surface area (Å²) < 4.78 is 10.7. The molecule has 2 aromatic rings. The van der Waals surface area contributed by atoms with E-state index in [1.165, 1.54) is 0 Å². The van der Waals surface area contributed by atoms with Crippen LogP contribution in [0.3, 0.4) is 0 Å². The van der Waals surface area contributed by atoms with Crippen LogP contribution in [0.15, 0.2) is 46.4 Å². The molecule has 0 unspecified atom stereocenters. The number of para-hydroxylation sites is 2. The number of nitrogens with one attached hydrogen (secondary N) is 1. The third-order valence-corrected chi connectivity index (χ3v) is 4.40. The molecule has 0 heterocycles. The van der Waals surface area contributed by atoms with Gasteiger partial charge in [0.15, 0.2) is 23.0 Å². The van der Waals surface area contributed by atoms with Gasteiger partial charge in [0, 0.05) is 36.6 Å². The van der Waals surface area contributed by atoms with Crippen molar-refractivity contribution in [3.8, 4) is 23.0 Å². The monoisotopic (exact) mass is 427 g/mol. The molecule has 0 atom stereocenters. The van der Waals surface area contributed by atoms with Gasteiger partial charge < -0.3 is 25.0 Å². The van der Waals surface area contributed by atoms with E-state index in [-0.39, 0.29) is 11.5 Å². The number of hydrogen-bond donors (Lipinski definition) is 3. The zero-order valence-corrected chi connectivity index (χ0v) is 18.4. The summed E-state index contributed by atoms with van der Waals surface area (Å²) in [6, 6.07) is 10.8. The van der Waals surface area contributed by atoms with E-state index in [0.717, 1.165) is 25.9 Å². The molecular formula is C24H33N3O4. The average Bonchev–Trinajstić information content (AvgIpc) is 2.77. The molecular weight excluding hydrogens is 394 g/mol. The van der Waals surface area contributed by atoms with Gasteiger partial charge in [0.05, 0.1) is 13.2 Å². The van der Waals surface area contributed by atoms with Crippen LogP contribution in [0.4, 0.5) is 0 Å². The molecule has 0 aromatic heterocycles. The van der Waals surface area contributed by atoms with Crippen molar-refractivity contribution in [2.45, 2.75) is 26.7 Å². The standard InChI is InChI=1S/C24H33N3O4/c1-3-30-21-11-5-9-19(23(21)28)17-26-15-7-13-25-14-8-16-27-18-20-10-6-12-22(24(20)29)31-4-2/h5-6,9-12,17-18,25,28-29H,3-4,7-8,13-16H2,1-2H3. The Morgan fingerprint density at radius 3 is 1.65 bits per heavy atom. The normalized spacial score (nSPS) is 11.4. The van der Waals surface area contributed by atoms with Crippen LogP contribution in [-0.2, 0) is 0 Å². The van der Waals surface area contributed by atoms with Crippen LogP contribution >= 0.6 is 0 Å². The number of benzene rings is 2. The molecule has 0 aliphatic carbocycles. The van der Waals surface area contributed by atoms with Crippen molar-refractivity contribution in [1.29, 1.82) is 0 Å². The number of aliphatic imine (C=N–C) groups is 2. The molecule has 0 saturated heterocycles. The molecule has 168 valence electrons. The van der Waals surface area contributed by atoms with Crippen LogP contribution in [0, 0.1) is 0 Å². The lowest BCUT2D eigenvalue weighted by Crippen LogP contribution is -2.18. The van der Waals surface area contributed by atoms with Gasteiger partial charge in [-0.1, -0.05) is 12.1 Å². The number of phenolic OH excluding ortho intramolecular Hbond substituents is 2. The fraction of sp³-hybridized carbons (Fsp3) is 0.417. The highest BCUT2D eigenvalue weighted by Gasteiger charge is 2.06. The molecule has 2 aromatic carbocycles. The van der Waals surface area contributed by atoms with Crippen molar-refractivity contribution in [2.75, 3.05) is 39.4 Å². The molecule has 31 heavy (non-hydrogen) atoms. The van der Waals surface area contributed by atoms with Gasteiger partial charge in [0.1, 0.15) is 0 Å². The highest BCUT2D eigenvalue weighted by atomic mass is 16.5. The van der Waals surface area contributed by atoms with Crippen LogP contribution in [0.25, 0.3) is 0 Å². The van der Waals surface area contributed by atoms with Crippen molar-refractivity contribution in [3.63, 3.8) is 0 Å². The van der Waals surface area contributed by atoms with E-state index in [1.54, 1.807) is 24.6 Å². The quantitative estimate of drug-likeness (QED) is 0.315. The Hall–Kier alpha value is -3.06. The predicted octanol–water partition coefficient (Wildman–Crippen LogP) is 3.80. The summed E-state index contributed by atoms with van der Waals surface area (Å²) in [6.45, 7) is 7.87. The molecule has 2 rings (SSSR count). The second-order valence-electron chi connectivity index (χ2n) is 6.78. The van der Waals surface area contributed by atoms with E-state index in [1.807, 2.05) is 38.1 Å². The third kappa shape index (κ3) is 8.30. The molecule has 0 fully saturated rings. The first-order chi connectivity index (χ1) is 15.2. The lowest BCUT2D eigenvalue weighted by Gasteiger charge is -2.07. The Balaban J connectivity index is 1.59. The van der Waals surface area contributed by atoms with Crippen molar-refractivity contribution in [1.82, 2.24) is 5.32 Å². The van der Waals surface area contributed by atoms with Gasteiger partial charge in [-0.05, 0) is 64.0 Å². The van der Waals surface area contributed by atoms with Crippen molar-refractivity contribution in [3.05, 3.63) is 47.5 Å². The summed E-state index contributed by atoms with van der Waals surface area (Å²) in [5, 5.41) is 23.6. The summed E-state index contributed by atoms with van der Waals surface area (Å²) in [6.07, 6.45) is 5.18. The highest BCUT2D eigenvalue weighted by Crippen LogP contribution is 2.29. The minimum absolute atomic E-state index is 0.129. The van der Waals surface area contributed by atoms with E-state index in [9.17, 15) is 10.2 Å². The van der Waals surface area contributed by atoms with Gasteiger partial charge in [0.25, 0.3) is 0 Å². The van der Waals surface area contributed by atoms with E-state index in [4.69, 9.17) is 9.47 Å². The molecule has 0 spiro atoms. The van der Waals surface area contributed by atoms with Crippen LogP contribution < -0.4 is 14.8 Å². The number of nitrogens with zero attached hydrogens (tertiary/aromatic N) is 2. The van der Waals surface area contributed by atoms with Gasteiger partial charge >= 0.3 is 0 Å². The first-order valence-corrected chi connectivity index (χ1v) is 10.8. The van der Waals surface area contributed by atoms with Crippen LogP contribution in [0.5, 0.6) is 23.0 Å². The number of rotatable bonds is 14. The van der Waals surface area contributed by atoms with Crippen molar-refractivity contribution >= 4 is 12.4 Å². The van der Waals surface area contributed by atoms with Crippen LogP contribution in [0.1, 0.15) is 37.8 Å². The summed E-state index contributed by atoms with van der Waals surface area (Å²) in [4.78, 5) is 8.75. The van der Waals surface area contributed by atoms with Gasteiger partial charge in [0.2, 0.25) is 0 Å². The molecule has 7 nitrogen and oxygen atoms in total. The number of hydrogen-bond acceptors (Lipinski definition) is 7. The van der Waals surface area contributed by atoms with Crippen molar-refractivity contribution in [2.24, 2.45) is 9.98 Å². The molecule has 3 N–H and O–H groups in total. The third-order valence-electron chi connectivity index (χ3n) is 4.40. The highest BCUT2D eigenvalue weighted by molar-refractivity contribution is 5.85. The Morgan fingerprint density at radius 1 is 0.774 bits per heavy atom. The Morgan fingerprint density at radius 2 is 1.23 bits per heavy atom. The Bertz CT molecular complexity index is 783. The lowest BCUT2D eigenvalue weighted by atomic mass is 10.2. The maximum atomic E-state index is 10.1. The van der Waals surface area contributed by atoms with E-state index >= 15 is 0 Å². The fourth-order valence-electron chi connectivity index (χ4n) is 2.87. The minimum Gasteiger partial charge on any atom is -0.504 e. The second kappa shape index (κ2) is 14.0.